The molecule has 4 heteroatoms. The maximum absolute atomic E-state index is 11.6. The highest BCUT2D eigenvalue weighted by Gasteiger charge is 1.99. The number of carbonyl (C=O) groups excluding carboxylic acids is 1. The van der Waals surface area contributed by atoms with E-state index in [4.69, 9.17) is 21.6 Å². The fourth-order valence-corrected chi connectivity index (χ4v) is 1.74. The summed E-state index contributed by atoms with van der Waals surface area (Å²) in [6.45, 7) is 0.176. The SMILES string of the molecule is N#Cc1ccc(COC(=O)C=Cc2ccc(Cl)cc2)cc1. The van der Waals surface area contributed by atoms with E-state index < -0.39 is 5.97 Å². The van der Waals surface area contributed by atoms with Gasteiger partial charge in [0.15, 0.2) is 0 Å². The van der Waals surface area contributed by atoms with Crippen LogP contribution < -0.4 is 0 Å². The van der Waals surface area contributed by atoms with Gasteiger partial charge in [-0.15, -0.1) is 0 Å². The van der Waals surface area contributed by atoms with Gasteiger partial charge in [-0.1, -0.05) is 35.9 Å². The van der Waals surface area contributed by atoms with Crippen LogP contribution in [0.4, 0.5) is 0 Å². The molecule has 0 unspecified atom stereocenters. The van der Waals surface area contributed by atoms with E-state index in [1.165, 1.54) is 6.08 Å². The summed E-state index contributed by atoms with van der Waals surface area (Å²) in [5.74, 6) is -0.422. The molecular weight excluding hydrogens is 286 g/mol. The van der Waals surface area contributed by atoms with Gasteiger partial charge in [0.05, 0.1) is 11.6 Å². The van der Waals surface area contributed by atoms with E-state index in [9.17, 15) is 4.79 Å². The molecule has 0 aliphatic rings. The molecule has 0 saturated heterocycles. The van der Waals surface area contributed by atoms with E-state index >= 15 is 0 Å². The average Bonchev–Trinajstić information content (AvgIpc) is 2.53. The molecule has 0 radical (unpaired) electrons. The Morgan fingerprint density at radius 2 is 1.81 bits per heavy atom. The molecule has 2 aromatic carbocycles. The normalized spacial score (nSPS) is 10.3. The number of nitriles is 1. The van der Waals surface area contributed by atoms with Crippen LogP contribution in [0.3, 0.4) is 0 Å². The zero-order valence-electron chi connectivity index (χ0n) is 11.1. The van der Waals surface area contributed by atoms with Crippen LogP contribution in [-0.4, -0.2) is 5.97 Å². The topological polar surface area (TPSA) is 50.1 Å². The van der Waals surface area contributed by atoms with E-state index in [0.717, 1.165) is 11.1 Å². The fourth-order valence-electron chi connectivity index (χ4n) is 1.62. The van der Waals surface area contributed by atoms with E-state index in [1.54, 1.807) is 42.5 Å². The average molecular weight is 298 g/mol. The third kappa shape index (κ3) is 4.79. The van der Waals surface area contributed by atoms with E-state index in [1.807, 2.05) is 18.2 Å². The first-order valence-corrected chi connectivity index (χ1v) is 6.64. The van der Waals surface area contributed by atoms with Crippen LogP contribution in [-0.2, 0) is 16.1 Å². The van der Waals surface area contributed by atoms with Crippen molar-refractivity contribution in [2.24, 2.45) is 0 Å². The maximum Gasteiger partial charge on any atom is 0.331 e. The predicted octanol–water partition coefficient (Wildman–Crippen LogP) is 3.97. The monoisotopic (exact) mass is 297 g/mol. The van der Waals surface area contributed by atoms with Crippen molar-refractivity contribution in [3.05, 3.63) is 76.3 Å². The molecule has 0 atom stereocenters. The van der Waals surface area contributed by atoms with Crippen molar-refractivity contribution in [1.82, 2.24) is 0 Å². The molecule has 104 valence electrons. The van der Waals surface area contributed by atoms with Gasteiger partial charge in [-0.2, -0.15) is 5.26 Å². The first kappa shape index (κ1) is 14.8. The molecule has 0 amide bonds. The number of hydrogen-bond acceptors (Lipinski definition) is 3. The van der Waals surface area contributed by atoms with Gasteiger partial charge in [-0.3, -0.25) is 0 Å². The third-order valence-corrected chi connectivity index (χ3v) is 3.00. The van der Waals surface area contributed by atoms with Crippen LogP contribution >= 0.6 is 11.6 Å². The Morgan fingerprint density at radius 3 is 2.43 bits per heavy atom. The quantitative estimate of drug-likeness (QED) is 0.634. The summed E-state index contributed by atoms with van der Waals surface area (Å²) < 4.78 is 5.11. The highest BCUT2D eigenvalue weighted by molar-refractivity contribution is 6.30. The van der Waals surface area contributed by atoms with Crippen LogP contribution in [0.15, 0.2) is 54.6 Å². The van der Waals surface area contributed by atoms with Crippen LogP contribution in [0.5, 0.6) is 0 Å². The number of carbonyl (C=O) groups is 1. The highest BCUT2D eigenvalue weighted by atomic mass is 35.5. The van der Waals surface area contributed by atoms with E-state index in [2.05, 4.69) is 0 Å². The van der Waals surface area contributed by atoms with Gasteiger partial charge in [0.2, 0.25) is 0 Å². The molecule has 2 rings (SSSR count). The second kappa shape index (κ2) is 7.28. The zero-order valence-corrected chi connectivity index (χ0v) is 11.9. The van der Waals surface area contributed by atoms with Gasteiger partial charge in [0.1, 0.15) is 6.61 Å². The molecule has 21 heavy (non-hydrogen) atoms. The van der Waals surface area contributed by atoms with Crippen LogP contribution in [0, 0.1) is 11.3 Å². The number of nitrogens with zero attached hydrogens (tertiary/aromatic N) is 1. The minimum absolute atomic E-state index is 0.176. The van der Waals surface area contributed by atoms with Crippen molar-refractivity contribution in [3.63, 3.8) is 0 Å². The lowest BCUT2D eigenvalue weighted by atomic mass is 10.2. The molecule has 0 spiro atoms. The first-order chi connectivity index (χ1) is 10.2. The van der Waals surface area contributed by atoms with E-state index in [0.29, 0.717) is 10.6 Å². The Morgan fingerprint density at radius 1 is 1.14 bits per heavy atom. The number of esters is 1. The Kier molecular flexibility index (Phi) is 5.14. The van der Waals surface area contributed by atoms with Crippen LogP contribution in [0.1, 0.15) is 16.7 Å². The zero-order chi connectivity index (χ0) is 15.1. The lowest BCUT2D eigenvalue weighted by Gasteiger charge is -2.02. The molecule has 2 aromatic rings. The lowest BCUT2D eigenvalue weighted by molar-refractivity contribution is -0.138. The second-order valence-corrected chi connectivity index (χ2v) is 4.74. The number of ether oxygens (including phenoxy) is 1. The van der Waals surface area contributed by atoms with Gasteiger partial charge in [-0.25, -0.2) is 4.79 Å². The van der Waals surface area contributed by atoms with Gasteiger partial charge in [-0.05, 0) is 41.5 Å². The van der Waals surface area contributed by atoms with E-state index in [-0.39, 0.29) is 6.61 Å². The van der Waals surface area contributed by atoms with Crippen molar-refractivity contribution in [3.8, 4) is 6.07 Å². The molecule has 0 heterocycles. The van der Waals surface area contributed by atoms with Crippen LogP contribution in [0.2, 0.25) is 5.02 Å². The lowest BCUT2D eigenvalue weighted by Crippen LogP contribution is -2.00. The van der Waals surface area contributed by atoms with Crippen molar-refractivity contribution in [2.75, 3.05) is 0 Å². The Labute approximate surface area is 128 Å². The molecule has 0 N–H and O–H groups in total. The van der Waals surface area contributed by atoms with Crippen LogP contribution in [0.25, 0.3) is 6.08 Å². The summed E-state index contributed by atoms with van der Waals surface area (Å²) in [6.07, 6.45) is 3.03. The molecule has 3 nitrogen and oxygen atoms in total. The molecule has 0 aliphatic heterocycles. The standard InChI is InChI=1S/C17H12ClNO2/c18-16-8-5-13(6-9-16)7-10-17(20)21-12-15-3-1-14(11-19)2-4-15/h1-10H,12H2. The van der Waals surface area contributed by atoms with Gasteiger partial charge in [0.25, 0.3) is 0 Å². The maximum atomic E-state index is 11.6. The molecule has 0 aromatic heterocycles. The summed E-state index contributed by atoms with van der Waals surface area (Å²) in [5, 5.41) is 9.34. The number of halogens is 1. The highest BCUT2D eigenvalue weighted by Crippen LogP contribution is 2.11. The van der Waals surface area contributed by atoms with Crippen molar-refractivity contribution in [2.45, 2.75) is 6.61 Å². The Balaban J connectivity index is 1.86. The minimum Gasteiger partial charge on any atom is -0.458 e. The van der Waals surface area contributed by atoms with Crippen molar-refractivity contribution in [1.29, 1.82) is 5.26 Å². The fraction of sp³-hybridized carbons (Fsp3) is 0.0588. The minimum atomic E-state index is -0.422. The summed E-state index contributed by atoms with van der Waals surface area (Å²) in [5.41, 5.74) is 2.28. The second-order valence-electron chi connectivity index (χ2n) is 4.30. The molecular formula is C17H12ClNO2. The smallest absolute Gasteiger partial charge is 0.331 e. The summed E-state index contributed by atoms with van der Waals surface area (Å²) >= 11 is 5.78. The molecule has 0 saturated carbocycles. The first-order valence-electron chi connectivity index (χ1n) is 6.27. The summed E-state index contributed by atoms with van der Waals surface area (Å²) in [6, 6.07) is 16.1. The number of hydrogen-bond donors (Lipinski definition) is 0. The van der Waals surface area contributed by atoms with Crippen molar-refractivity contribution >= 4 is 23.6 Å². The Bertz CT molecular complexity index is 682. The number of benzene rings is 2. The molecule has 0 aliphatic carbocycles. The Hall–Kier alpha value is -2.57. The van der Waals surface area contributed by atoms with Gasteiger partial charge >= 0.3 is 5.97 Å². The predicted molar refractivity (Wildman–Crippen MR) is 81.4 cm³/mol. The van der Waals surface area contributed by atoms with Gasteiger partial charge in [0, 0.05) is 11.1 Å². The van der Waals surface area contributed by atoms with Gasteiger partial charge < -0.3 is 4.74 Å². The largest absolute Gasteiger partial charge is 0.458 e. The summed E-state index contributed by atoms with van der Waals surface area (Å²) in [7, 11) is 0. The molecule has 0 bridgehead atoms. The van der Waals surface area contributed by atoms with Crippen molar-refractivity contribution < 1.29 is 9.53 Å². The third-order valence-electron chi connectivity index (χ3n) is 2.75. The summed E-state index contributed by atoms with van der Waals surface area (Å²) in [4.78, 5) is 11.6. The molecule has 0 fully saturated rings. The number of rotatable bonds is 4.